The van der Waals surface area contributed by atoms with Crippen LogP contribution in [0.5, 0.6) is 0 Å². The number of benzene rings is 15. The van der Waals surface area contributed by atoms with Gasteiger partial charge in [0, 0.05) is 91.3 Å². The van der Waals surface area contributed by atoms with Crippen LogP contribution < -0.4 is 30.5 Å². The van der Waals surface area contributed by atoms with Crippen molar-refractivity contribution in [2.45, 2.75) is 5.41 Å². The summed E-state index contributed by atoms with van der Waals surface area (Å²) >= 11 is 3.79. The smallest absolute Gasteiger partial charge is 0.184 e. The third-order valence-corrected chi connectivity index (χ3v) is 27.7. The molecule has 15 aromatic carbocycles. The summed E-state index contributed by atoms with van der Waals surface area (Å²) in [5, 5.41) is 15.1. The van der Waals surface area contributed by atoms with Crippen molar-refractivity contribution in [2.75, 3.05) is 9.80 Å². The van der Waals surface area contributed by atoms with E-state index >= 15 is 0 Å². The highest BCUT2D eigenvalue weighted by molar-refractivity contribution is 7.27. The lowest BCUT2D eigenvalue weighted by molar-refractivity contribution is 0.669. The number of para-hydroxylation sites is 2. The van der Waals surface area contributed by atoms with Crippen molar-refractivity contribution in [1.29, 1.82) is 0 Å². The number of hydrogen-bond acceptors (Lipinski definition) is 5. The Morgan fingerprint density at radius 3 is 1.56 bits per heavy atom. The predicted molar refractivity (Wildman–Crippen MR) is 406 cm³/mol. The van der Waals surface area contributed by atoms with Gasteiger partial charge in [0.1, 0.15) is 11.2 Å². The van der Waals surface area contributed by atoms with Gasteiger partial charge in [-0.15, -0.1) is 22.7 Å². The minimum absolute atomic E-state index is 0.588. The molecule has 20 rings (SSSR count). The Morgan fingerprint density at radius 2 is 0.842 bits per heavy atom. The Labute approximate surface area is 558 Å². The van der Waals surface area contributed by atoms with E-state index in [2.05, 4.69) is 350 Å². The van der Waals surface area contributed by atoms with Crippen molar-refractivity contribution in [3.05, 3.63) is 362 Å². The average molecular weight is 1260 g/mol. The maximum Gasteiger partial charge on any atom is 0.184 e. The Bertz CT molecular complexity index is 5970. The summed E-state index contributed by atoms with van der Waals surface area (Å²) in [4.78, 5) is 4.97. The standard InChI is InChI=1S/C89H56N2OS2Si/c1-4-23-59(24-5-1)89(60-25-6-2-7-26-60)77-34-15-12-30-69(77)70-47-43-63(51-78(70)89)90(62-41-39-58(40-42-62)68-33-20-22-57-21-10-11-29-67(57)68)64-44-48-71-76-55-80-88(56-82(76)92-81(71)52-64)95(65-45-49-74-72-31-13-17-36-83(72)93-85(74)53-65,66-46-50-75-73-32-14-18-37-84(73)94-86(75)54-66)87-38-19-16-35-79(87)91(80)61-27-8-3-9-28-61/h1-56H. The fraction of sp³-hybridized carbons (Fsp3) is 0.0112. The molecule has 0 amide bonds. The van der Waals surface area contributed by atoms with Gasteiger partial charge in [0.25, 0.3) is 0 Å². The molecule has 95 heavy (non-hydrogen) atoms. The molecular formula is C89H56N2OS2Si. The van der Waals surface area contributed by atoms with Crippen LogP contribution in [0.4, 0.5) is 34.1 Å². The van der Waals surface area contributed by atoms with Crippen LogP contribution in [0.2, 0.25) is 0 Å². The molecule has 18 aromatic rings. The van der Waals surface area contributed by atoms with Gasteiger partial charge in [-0.1, -0.05) is 243 Å². The van der Waals surface area contributed by atoms with Crippen molar-refractivity contribution in [1.82, 2.24) is 0 Å². The molecule has 0 saturated carbocycles. The highest BCUT2D eigenvalue weighted by atomic mass is 32.1. The minimum Gasteiger partial charge on any atom is -0.456 e. The van der Waals surface area contributed by atoms with Crippen LogP contribution in [0.1, 0.15) is 22.3 Å². The van der Waals surface area contributed by atoms with Crippen LogP contribution in [-0.2, 0) is 5.41 Å². The monoisotopic (exact) mass is 1260 g/mol. The molecule has 0 atom stereocenters. The van der Waals surface area contributed by atoms with Gasteiger partial charge in [-0.05, 0) is 167 Å². The Morgan fingerprint density at radius 1 is 0.316 bits per heavy atom. The second-order valence-electron chi connectivity index (χ2n) is 25.4. The van der Waals surface area contributed by atoms with E-state index in [1.807, 2.05) is 22.7 Å². The van der Waals surface area contributed by atoms with E-state index in [0.717, 1.165) is 50.3 Å². The van der Waals surface area contributed by atoms with Gasteiger partial charge in [0.05, 0.1) is 5.41 Å². The molecule has 2 aliphatic rings. The lowest BCUT2D eigenvalue weighted by Crippen LogP contribution is -2.77. The van der Waals surface area contributed by atoms with Gasteiger partial charge in [-0.2, -0.15) is 0 Å². The summed E-state index contributed by atoms with van der Waals surface area (Å²) in [6, 6.07) is 128. The normalized spacial score (nSPS) is 13.6. The van der Waals surface area contributed by atoms with E-state index in [4.69, 9.17) is 4.42 Å². The third-order valence-electron chi connectivity index (χ3n) is 20.6. The largest absolute Gasteiger partial charge is 0.456 e. The number of fused-ring (bicyclic) bond motifs is 15. The maximum atomic E-state index is 7.56. The summed E-state index contributed by atoms with van der Waals surface area (Å²) in [7, 11) is -3.30. The average Bonchev–Trinajstić information content (AvgIpc) is 1.69. The zero-order valence-corrected chi connectivity index (χ0v) is 54.1. The van der Waals surface area contributed by atoms with Crippen LogP contribution in [0, 0.1) is 0 Å². The summed E-state index contributed by atoms with van der Waals surface area (Å²) in [6.45, 7) is 0. The zero-order chi connectivity index (χ0) is 62.3. The second kappa shape index (κ2) is 21.1. The zero-order valence-electron chi connectivity index (χ0n) is 51.5. The van der Waals surface area contributed by atoms with Gasteiger partial charge in [-0.3, -0.25) is 0 Å². The van der Waals surface area contributed by atoms with Gasteiger partial charge in [-0.25, -0.2) is 0 Å². The quantitative estimate of drug-likeness (QED) is 0.134. The van der Waals surface area contributed by atoms with Gasteiger partial charge >= 0.3 is 0 Å². The first-order valence-corrected chi connectivity index (χ1v) is 36.2. The number of nitrogens with zero attached hydrogens (tertiary/aromatic N) is 2. The number of anilines is 6. The number of furan rings is 1. The molecule has 6 heteroatoms. The predicted octanol–water partition coefficient (Wildman–Crippen LogP) is 22.1. The van der Waals surface area contributed by atoms with Crippen LogP contribution in [0.3, 0.4) is 0 Å². The molecular weight excluding hydrogens is 1210 g/mol. The molecule has 4 heterocycles. The SMILES string of the molecule is c1ccc(N2c3ccccc3[Si](c3ccc4c(c3)sc3ccccc34)(c3ccc4c(c3)sc3ccccc34)c3cc4oc5cc(N(c6ccc(-c7cccc8ccccc78)cc6)c6ccc7c(c6)C(c6ccccc6)(c6ccccc6)c6ccccc6-7)ccc5c4cc32)cc1. The third kappa shape index (κ3) is 7.97. The molecule has 3 nitrogen and oxygen atoms in total. The van der Waals surface area contributed by atoms with Crippen molar-refractivity contribution in [3.8, 4) is 22.3 Å². The molecule has 444 valence electrons. The fourth-order valence-corrected chi connectivity index (χ4v) is 24.1. The first-order valence-electron chi connectivity index (χ1n) is 32.6. The minimum atomic E-state index is -3.30. The van der Waals surface area contributed by atoms with Crippen LogP contribution in [0.15, 0.2) is 344 Å². The number of thiophene rings is 2. The fourth-order valence-electron chi connectivity index (χ4n) is 16.5. The van der Waals surface area contributed by atoms with Crippen LogP contribution >= 0.6 is 22.7 Å². The van der Waals surface area contributed by atoms with E-state index in [1.54, 1.807) is 0 Å². The molecule has 0 saturated heterocycles. The van der Waals surface area contributed by atoms with E-state index in [1.165, 1.54) is 122 Å². The molecule has 3 aromatic heterocycles. The van der Waals surface area contributed by atoms with E-state index in [-0.39, 0.29) is 0 Å². The molecule has 0 unspecified atom stereocenters. The molecule has 0 spiro atoms. The summed E-state index contributed by atoms with van der Waals surface area (Å²) in [6.07, 6.45) is 0. The second-order valence-corrected chi connectivity index (χ2v) is 31.3. The lowest BCUT2D eigenvalue weighted by Gasteiger charge is -2.45. The molecule has 0 fully saturated rings. The molecule has 0 radical (unpaired) electrons. The van der Waals surface area contributed by atoms with Gasteiger partial charge < -0.3 is 14.2 Å². The molecule has 1 aliphatic carbocycles. The molecule has 0 bridgehead atoms. The Kier molecular flexibility index (Phi) is 12.0. The maximum absolute atomic E-state index is 7.56. The summed E-state index contributed by atoms with van der Waals surface area (Å²) < 4.78 is 12.8. The van der Waals surface area contributed by atoms with Gasteiger partial charge in [0.2, 0.25) is 0 Å². The van der Waals surface area contributed by atoms with Crippen molar-refractivity contribution >= 4 is 159 Å². The van der Waals surface area contributed by atoms with Crippen molar-refractivity contribution in [3.63, 3.8) is 0 Å². The van der Waals surface area contributed by atoms with Crippen molar-refractivity contribution in [2.24, 2.45) is 0 Å². The lowest BCUT2D eigenvalue weighted by atomic mass is 9.67. The van der Waals surface area contributed by atoms with Crippen molar-refractivity contribution < 1.29 is 4.42 Å². The van der Waals surface area contributed by atoms with E-state index < -0.39 is 13.5 Å². The van der Waals surface area contributed by atoms with Gasteiger partial charge in [0.15, 0.2) is 8.07 Å². The van der Waals surface area contributed by atoms with E-state index in [9.17, 15) is 0 Å². The molecule has 1 aliphatic heterocycles. The topological polar surface area (TPSA) is 19.6 Å². The Balaban J connectivity index is 0.831. The number of rotatable bonds is 9. The number of hydrogen-bond donors (Lipinski definition) is 0. The highest BCUT2D eigenvalue weighted by Gasteiger charge is 2.50. The first kappa shape index (κ1) is 54.2. The highest BCUT2D eigenvalue weighted by Crippen LogP contribution is 2.58. The summed E-state index contributed by atoms with van der Waals surface area (Å²) in [5.74, 6) is 0. The summed E-state index contributed by atoms with van der Waals surface area (Å²) in [5.41, 5.74) is 17.5. The molecule has 0 N–H and O–H groups in total. The van der Waals surface area contributed by atoms with Crippen LogP contribution in [-0.4, -0.2) is 8.07 Å². The van der Waals surface area contributed by atoms with E-state index in [0.29, 0.717) is 0 Å². The van der Waals surface area contributed by atoms with Crippen LogP contribution in [0.25, 0.3) is 95.3 Å². The first-order chi connectivity index (χ1) is 47.1. The Hall–Kier alpha value is -11.4.